The molecule has 0 atom stereocenters. The summed E-state index contributed by atoms with van der Waals surface area (Å²) in [7, 11) is 0. The van der Waals surface area contributed by atoms with Crippen LogP contribution >= 0.6 is 0 Å². The highest BCUT2D eigenvalue weighted by Gasteiger charge is 2.48. The number of nitrogen functional groups attached to an aromatic ring is 1. The van der Waals surface area contributed by atoms with E-state index in [1.54, 1.807) is 0 Å². The summed E-state index contributed by atoms with van der Waals surface area (Å²) in [5.74, 6) is 0.158. The molecule has 0 unspecified atom stereocenters. The lowest BCUT2D eigenvalue weighted by molar-refractivity contribution is -0.121. The number of nitrogens with zero attached hydrogens (tertiary/aromatic N) is 1. The van der Waals surface area contributed by atoms with E-state index in [-0.39, 0.29) is 11.3 Å². The first-order valence-electron chi connectivity index (χ1n) is 7.70. The van der Waals surface area contributed by atoms with E-state index in [4.69, 9.17) is 5.73 Å². The molecule has 0 aromatic heterocycles. The minimum Gasteiger partial charge on any atom is -0.399 e. The summed E-state index contributed by atoms with van der Waals surface area (Å²) in [6.07, 6.45) is 1.69. The quantitative estimate of drug-likeness (QED) is 0.795. The molecule has 2 aromatic rings. The highest BCUT2D eigenvalue weighted by molar-refractivity contribution is 6.06. The van der Waals surface area contributed by atoms with Gasteiger partial charge in [-0.3, -0.25) is 4.79 Å². The number of amides is 1. The smallest absolute Gasteiger partial charge is 0.235 e. The molecule has 22 heavy (non-hydrogen) atoms. The lowest BCUT2D eigenvalue weighted by Gasteiger charge is -2.39. The molecular weight excluding hydrogens is 274 g/mol. The van der Waals surface area contributed by atoms with Crippen molar-refractivity contribution in [2.24, 2.45) is 0 Å². The summed E-state index contributed by atoms with van der Waals surface area (Å²) in [5, 5.41) is 3.05. The van der Waals surface area contributed by atoms with Gasteiger partial charge in [0.2, 0.25) is 5.91 Å². The van der Waals surface area contributed by atoms with Gasteiger partial charge < -0.3 is 16.0 Å². The lowest BCUT2D eigenvalue weighted by atomic mass is 9.73. The summed E-state index contributed by atoms with van der Waals surface area (Å²) in [6.45, 7) is 1.76. The Morgan fingerprint density at radius 1 is 1.00 bits per heavy atom. The summed E-state index contributed by atoms with van der Waals surface area (Å²) >= 11 is 0. The van der Waals surface area contributed by atoms with Gasteiger partial charge in [0.1, 0.15) is 0 Å². The first kappa shape index (κ1) is 13.2. The van der Waals surface area contributed by atoms with Crippen molar-refractivity contribution in [3.05, 3.63) is 54.1 Å². The van der Waals surface area contributed by atoms with Gasteiger partial charge in [-0.05, 0) is 48.7 Å². The van der Waals surface area contributed by atoms with Crippen LogP contribution in [0.4, 0.5) is 17.1 Å². The number of nitrogens with one attached hydrogen (secondary N) is 1. The maximum atomic E-state index is 12.5. The predicted octanol–water partition coefficient (Wildman–Crippen LogP) is 2.76. The van der Waals surface area contributed by atoms with Crippen LogP contribution in [0.15, 0.2) is 48.5 Å². The van der Waals surface area contributed by atoms with Crippen LogP contribution in [-0.2, 0) is 10.2 Å². The number of rotatable bonds is 1. The standard InChI is InChI=1S/C18H19N3O/c19-13-5-7-14(8-6-13)21-11-9-18(10-12-21)15-3-1-2-4-16(15)20-17(18)22/h1-8H,9-12,19H2,(H,20,22). The van der Waals surface area contributed by atoms with Gasteiger partial charge in [0, 0.05) is 30.2 Å². The van der Waals surface area contributed by atoms with Crippen LogP contribution < -0.4 is 16.0 Å². The van der Waals surface area contributed by atoms with Crippen molar-refractivity contribution >= 4 is 23.0 Å². The number of piperidine rings is 1. The molecular formula is C18H19N3O. The Hall–Kier alpha value is -2.49. The number of benzene rings is 2. The fraction of sp³-hybridized carbons (Fsp3) is 0.278. The molecule has 2 aliphatic rings. The minimum absolute atomic E-state index is 0.158. The van der Waals surface area contributed by atoms with Crippen LogP contribution in [0.2, 0.25) is 0 Å². The Labute approximate surface area is 129 Å². The van der Waals surface area contributed by atoms with E-state index >= 15 is 0 Å². The molecule has 1 spiro atoms. The van der Waals surface area contributed by atoms with Crippen LogP contribution in [0.3, 0.4) is 0 Å². The van der Waals surface area contributed by atoms with Crippen molar-refractivity contribution in [2.45, 2.75) is 18.3 Å². The first-order valence-corrected chi connectivity index (χ1v) is 7.70. The third-order valence-corrected chi connectivity index (χ3v) is 5.00. The van der Waals surface area contributed by atoms with Crippen molar-refractivity contribution in [3.63, 3.8) is 0 Å². The van der Waals surface area contributed by atoms with E-state index in [9.17, 15) is 4.79 Å². The lowest BCUT2D eigenvalue weighted by Crippen LogP contribution is -2.46. The third kappa shape index (κ3) is 1.87. The monoisotopic (exact) mass is 293 g/mol. The molecule has 3 N–H and O–H groups in total. The predicted molar refractivity (Wildman–Crippen MR) is 89.1 cm³/mol. The maximum absolute atomic E-state index is 12.5. The molecule has 1 fully saturated rings. The number of nitrogens with two attached hydrogens (primary N) is 1. The van der Waals surface area contributed by atoms with E-state index in [1.165, 1.54) is 5.69 Å². The average Bonchev–Trinajstić information content (AvgIpc) is 2.82. The molecule has 4 rings (SSSR count). The highest BCUT2D eigenvalue weighted by atomic mass is 16.2. The summed E-state index contributed by atoms with van der Waals surface area (Å²) in [5.41, 5.74) is 9.50. The Kier molecular flexibility index (Phi) is 2.86. The number of hydrogen-bond acceptors (Lipinski definition) is 3. The van der Waals surface area contributed by atoms with Gasteiger partial charge in [-0.2, -0.15) is 0 Å². The number of hydrogen-bond donors (Lipinski definition) is 2. The Morgan fingerprint density at radius 3 is 2.41 bits per heavy atom. The highest BCUT2D eigenvalue weighted by Crippen LogP contribution is 2.45. The molecule has 2 aromatic carbocycles. The van der Waals surface area contributed by atoms with Crippen molar-refractivity contribution in [2.75, 3.05) is 29.0 Å². The second-order valence-electron chi connectivity index (χ2n) is 6.16. The Morgan fingerprint density at radius 2 is 1.68 bits per heavy atom. The molecule has 0 aliphatic carbocycles. The first-order chi connectivity index (χ1) is 10.7. The van der Waals surface area contributed by atoms with Gasteiger partial charge in [-0.25, -0.2) is 0 Å². The zero-order valence-electron chi connectivity index (χ0n) is 12.4. The van der Waals surface area contributed by atoms with E-state index in [1.807, 2.05) is 30.3 Å². The van der Waals surface area contributed by atoms with Gasteiger partial charge in [0.25, 0.3) is 0 Å². The van der Waals surface area contributed by atoms with Crippen LogP contribution in [0.5, 0.6) is 0 Å². The average molecular weight is 293 g/mol. The normalized spacial score (nSPS) is 19.1. The van der Waals surface area contributed by atoms with E-state index in [2.05, 4.69) is 28.4 Å². The molecule has 2 aliphatic heterocycles. The zero-order valence-corrected chi connectivity index (χ0v) is 12.4. The van der Waals surface area contributed by atoms with Gasteiger partial charge in [-0.1, -0.05) is 18.2 Å². The van der Waals surface area contributed by atoms with Crippen molar-refractivity contribution in [1.29, 1.82) is 0 Å². The number of carbonyl (C=O) groups is 1. The second kappa shape index (κ2) is 4.77. The SMILES string of the molecule is Nc1ccc(N2CCC3(CC2)C(=O)Nc2ccccc23)cc1. The molecule has 4 nitrogen and oxygen atoms in total. The Balaban J connectivity index is 1.59. The van der Waals surface area contributed by atoms with Gasteiger partial charge in [0.15, 0.2) is 0 Å². The van der Waals surface area contributed by atoms with E-state index in [0.717, 1.165) is 42.9 Å². The van der Waals surface area contributed by atoms with Crippen molar-refractivity contribution in [3.8, 4) is 0 Å². The van der Waals surface area contributed by atoms with Gasteiger partial charge >= 0.3 is 0 Å². The molecule has 4 heteroatoms. The van der Waals surface area contributed by atoms with Gasteiger partial charge in [0.05, 0.1) is 5.41 Å². The number of anilines is 3. The van der Waals surface area contributed by atoms with E-state index in [0.29, 0.717) is 0 Å². The number of carbonyl (C=O) groups excluding carboxylic acids is 1. The Bertz CT molecular complexity index is 715. The molecule has 0 saturated carbocycles. The number of fused-ring (bicyclic) bond motifs is 2. The fourth-order valence-electron chi connectivity index (χ4n) is 3.70. The fourth-order valence-corrected chi connectivity index (χ4v) is 3.70. The maximum Gasteiger partial charge on any atom is 0.235 e. The van der Waals surface area contributed by atoms with E-state index < -0.39 is 0 Å². The summed E-state index contributed by atoms with van der Waals surface area (Å²) in [4.78, 5) is 14.9. The van der Waals surface area contributed by atoms with Crippen molar-refractivity contribution in [1.82, 2.24) is 0 Å². The molecule has 112 valence electrons. The molecule has 2 heterocycles. The second-order valence-corrected chi connectivity index (χ2v) is 6.16. The third-order valence-electron chi connectivity index (χ3n) is 5.00. The molecule has 1 amide bonds. The van der Waals surface area contributed by atoms with Crippen LogP contribution in [0, 0.1) is 0 Å². The van der Waals surface area contributed by atoms with Crippen LogP contribution in [0.25, 0.3) is 0 Å². The summed E-state index contributed by atoms with van der Waals surface area (Å²) < 4.78 is 0. The molecule has 0 bridgehead atoms. The molecule has 0 radical (unpaired) electrons. The number of para-hydroxylation sites is 1. The zero-order chi connectivity index (χ0) is 15.2. The minimum atomic E-state index is -0.346. The largest absolute Gasteiger partial charge is 0.399 e. The van der Waals surface area contributed by atoms with Crippen molar-refractivity contribution < 1.29 is 4.79 Å². The van der Waals surface area contributed by atoms with Crippen LogP contribution in [-0.4, -0.2) is 19.0 Å². The van der Waals surface area contributed by atoms with Gasteiger partial charge in [-0.15, -0.1) is 0 Å². The summed E-state index contributed by atoms with van der Waals surface area (Å²) in [6, 6.07) is 16.0. The van der Waals surface area contributed by atoms with Crippen LogP contribution in [0.1, 0.15) is 18.4 Å². The molecule has 1 saturated heterocycles. The topological polar surface area (TPSA) is 58.4 Å².